The zero-order valence-corrected chi connectivity index (χ0v) is 10.2. The fourth-order valence-corrected chi connectivity index (χ4v) is 1.73. The normalized spacial score (nSPS) is 10.6. The SMILES string of the molecule is Cc1ccnc(C(=O)Nc2nc3ccccc3[nH]2)n1. The number of aromatic nitrogens is 4. The molecule has 0 radical (unpaired) electrons. The number of hydrogen-bond donors (Lipinski definition) is 2. The van der Waals surface area contributed by atoms with Crippen LogP contribution in [0.15, 0.2) is 36.5 Å². The summed E-state index contributed by atoms with van der Waals surface area (Å²) in [4.78, 5) is 27.2. The highest BCUT2D eigenvalue weighted by molar-refractivity contribution is 6.01. The van der Waals surface area contributed by atoms with Crippen molar-refractivity contribution in [2.45, 2.75) is 6.92 Å². The third-order valence-corrected chi connectivity index (χ3v) is 2.62. The van der Waals surface area contributed by atoms with E-state index in [2.05, 4.69) is 25.3 Å². The number of carbonyl (C=O) groups excluding carboxylic acids is 1. The molecule has 0 bridgehead atoms. The summed E-state index contributed by atoms with van der Waals surface area (Å²) in [7, 11) is 0. The molecular weight excluding hydrogens is 242 g/mol. The largest absolute Gasteiger partial charge is 0.324 e. The first-order valence-corrected chi connectivity index (χ1v) is 5.78. The summed E-state index contributed by atoms with van der Waals surface area (Å²) in [5, 5.41) is 2.64. The van der Waals surface area contributed by atoms with Crippen LogP contribution in [-0.4, -0.2) is 25.8 Å². The predicted octanol–water partition coefficient (Wildman–Crippen LogP) is 1.91. The van der Waals surface area contributed by atoms with Crippen LogP contribution in [0.4, 0.5) is 5.95 Å². The summed E-state index contributed by atoms with van der Waals surface area (Å²) in [6.07, 6.45) is 1.55. The van der Waals surface area contributed by atoms with Crippen molar-refractivity contribution in [3.8, 4) is 0 Å². The lowest BCUT2D eigenvalue weighted by Gasteiger charge is -2.00. The zero-order chi connectivity index (χ0) is 13.2. The topological polar surface area (TPSA) is 83.6 Å². The Morgan fingerprint density at radius 2 is 2.05 bits per heavy atom. The van der Waals surface area contributed by atoms with E-state index < -0.39 is 0 Å². The molecule has 1 amide bonds. The van der Waals surface area contributed by atoms with Crippen molar-refractivity contribution in [2.75, 3.05) is 5.32 Å². The number of benzene rings is 1. The minimum atomic E-state index is -0.386. The van der Waals surface area contributed by atoms with Crippen molar-refractivity contribution < 1.29 is 4.79 Å². The van der Waals surface area contributed by atoms with Crippen LogP contribution in [0.2, 0.25) is 0 Å². The third-order valence-electron chi connectivity index (χ3n) is 2.62. The molecule has 1 aromatic carbocycles. The van der Waals surface area contributed by atoms with E-state index >= 15 is 0 Å². The van der Waals surface area contributed by atoms with Gasteiger partial charge in [0.05, 0.1) is 11.0 Å². The van der Waals surface area contributed by atoms with Crippen LogP contribution < -0.4 is 5.32 Å². The molecule has 94 valence electrons. The molecule has 0 saturated carbocycles. The minimum Gasteiger partial charge on any atom is -0.324 e. The van der Waals surface area contributed by atoms with E-state index in [1.165, 1.54) is 0 Å². The number of anilines is 1. The smallest absolute Gasteiger partial charge is 0.295 e. The molecule has 0 saturated heterocycles. The van der Waals surface area contributed by atoms with Gasteiger partial charge in [0.15, 0.2) is 0 Å². The molecular formula is C13H11N5O. The van der Waals surface area contributed by atoms with Gasteiger partial charge in [0.25, 0.3) is 5.91 Å². The van der Waals surface area contributed by atoms with Crippen LogP contribution >= 0.6 is 0 Å². The van der Waals surface area contributed by atoms with Crippen LogP contribution in [0.25, 0.3) is 11.0 Å². The molecule has 0 aliphatic rings. The van der Waals surface area contributed by atoms with Crippen molar-refractivity contribution >= 4 is 22.9 Å². The number of fused-ring (bicyclic) bond motifs is 1. The first-order chi connectivity index (χ1) is 9.22. The number of aryl methyl sites for hydroxylation is 1. The second kappa shape index (κ2) is 4.49. The molecule has 6 nitrogen and oxygen atoms in total. The summed E-state index contributed by atoms with van der Waals surface area (Å²) in [6.45, 7) is 1.81. The third kappa shape index (κ3) is 2.28. The van der Waals surface area contributed by atoms with Gasteiger partial charge in [0.1, 0.15) is 0 Å². The second-order valence-corrected chi connectivity index (χ2v) is 4.08. The van der Waals surface area contributed by atoms with E-state index in [9.17, 15) is 4.79 Å². The van der Waals surface area contributed by atoms with Crippen LogP contribution in [0.3, 0.4) is 0 Å². The molecule has 19 heavy (non-hydrogen) atoms. The van der Waals surface area contributed by atoms with Crippen molar-refractivity contribution in [3.05, 3.63) is 48.0 Å². The lowest BCUT2D eigenvalue weighted by Crippen LogP contribution is -2.16. The fraction of sp³-hybridized carbons (Fsp3) is 0.0769. The summed E-state index contributed by atoms with van der Waals surface area (Å²) >= 11 is 0. The van der Waals surface area contributed by atoms with Crippen LogP contribution in [0.1, 0.15) is 16.3 Å². The maximum absolute atomic E-state index is 11.9. The lowest BCUT2D eigenvalue weighted by molar-refractivity contribution is 0.101. The number of imidazole rings is 1. The highest BCUT2D eigenvalue weighted by Crippen LogP contribution is 2.13. The minimum absolute atomic E-state index is 0.125. The van der Waals surface area contributed by atoms with Crippen molar-refractivity contribution in [3.63, 3.8) is 0 Å². The van der Waals surface area contributed by atoms with Gasteiger partial charge in [-0.05, 0) is 25.1 Å². The highest BCUT2D eigenvalue weighted by atomic mass is 16.2. The predicted molar refractivity (Wildman–Crippen MR) is 70.8 cm³/mol. The Morgan fingerprint density at radius 1 is 1.21 bits per heavy atom. The monoisotopic (exact) mass is 253 g/mol. The van der Waals surface area contributed by atoms with E-state index in [0.717, 1.165) is 16.7 Å². The molecule has 0 aliphatic carbocycles. The van der Waals surface area contributed by atoms with E-state index in [1.54, 1.807) is 19.2 Å². The van der Waals surface area contributed by atoms with Crippen molar-refractivity contribution in [1.82, 2.24) is 19.9 Å². The standard InChI is InChI=1S/C13H11N5O/c1-8-6-7-14-11(15-8)12(19)18-13-16-9-4-2-3-5-10(9)17-13/h2-7H,1H3,(H2,16,17,18,19). The maximum atomic E-state index is 11.9. The van der Waals surface area contributed by atoms with E-state index in [-0.39, 0.29) is 11.7 Å². The maximum Gasteiger partial charge on any atom is 0.295 e. The van der Waals surface area contributed by atoms with Gasteiger partial charge in [-0.25, -0.2) is 15.0 Å². The summed E-state index contributed by atoms with van der Waals surface area (Å²) in [5.41, 5.74) is 2.40. The molecule has 0 aliphatic heterocycles. The van der Waals surface area contributed by atoms with Gasteiger partial charge in [-0.2, -0.15) is 0 Å². The van der Waals surface area contributed by atoms with Gasteiger partial charge in [0.2, 0.25) is 11.8 Å². The number of hydrogen-bond acceptors (Lipinski definition) is 4. The molecule has 2 aromatic heterocycles. The Bertz CT molecular complexity index is 716. The molecule has 3 rings (SSSR count). The fourth-order valence-electron chi connectivity index (χ4n) is 1.73. The summed E-state index contributed by atoms with van der Waals surface area (Å²) in [5.74, 6) is 0.125. The Morgan fingerprint density at radius 3 is 2.84 bits per heavy atom. The molecule has 0 unspecified atom stereocenters. The van der Waals surface area contributed by atoms with E-state index in [0.29, 0.717) is 5.95 Å². The molecule has 0 fully saturated rings. The van der Waals surface area contributed by atoms with Gasteiger partial charge in [0, 0.05) is 11.9 Å². The van der Waals surface area contributed by atoms with E-state index in [4.69, 9.17) is 0 Å². The number of nitrogens with zero attached hydrogens (tertiary/aromatic N) is 3. The Hall–Kier alpha value is -2.76. The van der Waals surface area contributed by atoms with Crippen LogP contribution in [-0.2, 0) is 0 Å². The Kier molecular flexibility index (Phi) is 2.68. The van der Waals surface area contributed by atoms with Gasteiger partial charge in [-0.1, -0.05) is 12.1 Å². The molecule has 2 N–H and O–H groups in total. The number of rotatable bonds is 2. The average Bonchev–Trinajstić information content (AvgIpc) is 2.80. The lowest BCUT2D eigenvalue weighted by atomic mass is 10.3. The molecule has 3 aromatic rings. The zero-order valence-electron chi connectivity index (χ0n) is 10.2. The summed E-state index contributed by atoms with van der Waals surface area (Å²) < 4.78 is 0. The van der Waals surface area contributed by atoms with E-state index in [1.807, 2.05) is 24.3 Å². The second-order valence-electron chi connectivity index (χ2n) is 4.08. The van der Waals surface area contributed by atoms with Crippen molar-refractivity contribution in [2.24, 2.45) is 0 Å². The molecule has 6 heteroatoms. The first-order valence-electron chi connectivity index (χ1n) is 5.78. The Balaban J connectivity index is 1.86. The molecule has 0 atom stereocenters. The van der Waals surface area contributed by atoms with Crippen molar-refractivity contribution in [1.29, 1.82) is 0 Å². The quantitative estimate of drug-likeness (QED) is 0.730. The average molecular weight is 253 g/mol. The highest BCUT2D eigenvalue weighted by Gasteiger charge is 2.11. The van der Waals surface area contributed by atoms with Crippen LogP contribution in [0.5, 0.6) is 0 Å². The van der Waals surface area contributed by atoms with Gasteiger partial charge < -0.3 is 4.98 Å². The number of para-hydroxylation sites is 2. The molecule has 2 heterocycles. The first kappa shape index (κ1) is 11.3. The summed E-state index contributed by atoms with van der Waals surface area (Å²) in [6, 6.07) is 9.28. The number of nitrogens with one attached hydrogen (secondary N) is 2. The van der Waals surface area contributed by atoms with Gasteiger partial charge in [-0.3, -0.25) is 10.1 Å². The van der Waals surface area contributed by atoms with Crippen LogP contribution in [0, 0.1) is 6.92 Å². The number of amides is 1. The van der Waals surface area contributed by atoms with Gasteiger partial charge >= 0.3 is 0 Å². The Labute approximate surface area is 108 Å². The van der Waals surface area contributed by atoms with Gasteiger partial charge in [-0.15, -0.1) is 0 Å². The number of aromatic amines is 1. The number of carbonyl (C=O) groups is 1. The number of H-pyrrole nitrogens is 1. The molecule has 0 spiro atoms.